The zero-order valence-corrected chi connectivity index (χ0v) is 10.2. The molecular formula is C11H14N4OS. The third-order valence-electron chi connectivity index (χ3n) is 3.43. The van der Waals surface area contributed by atoms with E-state index in [9.17, 15) is 5.11 Å². The van der Waals surface area contributed by atoms with Crippen LogP contribution in [0.1, 0.15) is 31.7 Å². The first-order valence-corrected chi connectivity index (χ1v) is 6.26. The second-order valence-corrected chi connectivity index (χ2v) is 4.86. The summed E-state index contributed by atoms with van der Waals surface area (Å²) in [6.45, 7) is 0. The summed E-state index contributed by atoms with van der Waals surface area (Å²) in [6.07, 6.45) is 7.12. The maximum absolute atomic E-state index is 10.1. The van der Waals surface area contributed by atoms with Crippen molar-refractivity contribution in [2.24, 2.45) is 0 Å². The monoisotopic (exact) mass is 250 g/mol. The summed E-state index contributed by atoms with van der Waals surface area (Å²) in [7, 11) is 0. The summed E-state index contributed by atoms with van der Waals surface area (Å²) in [5.41, 5.74) is 1.57. The molecule has 6 heteroatoms. The molecular weight excluding hydrogens is 236 g/mol. The van der Waals surface area contributed by atoms with Crippen molar-refractivity contribution >= 4 is 23.4 Å². The highest BCUT2D eigenvalue weighted by Gasteiger charge is 2.26. The minimum atomic E-state index is -0.295. The van der Waals surface area contributed by atoms with Gasteiger partial charge in [-0.1, -0.05) is 25.1 Å². The van der Waals surface area contributed by atoms with E-state index in [-0.39, 0.29) is 12.1 Å². The van der Waals surface area contributed by atoms with E-state index in [1.54, 1.807) is 12.7 Å². The molecule has 1 aliphatic carbocycles. The number of fused-ring (bicyclic) bond motifs is 1. The fraction of sp³-hybridized carbons (Fsp3) is 0.545. The fourth-order valence-corrected chi connectivity index (χ4v) is 2.74. The molecule has 0 bridgehead atoms. The predicted octanol–water partition coefficient (Wildman–Crippen LogP) is 1.96. The molecule has 1 aliphatic rings. The first-order chi connectivity index (χ1) is 8.27. The molecule has 90 valence electrons. The zero-order valence-electron chi connectivity index (χ0n) is 9.33. The van der Waals surface area contributed by atoms with Gasteiger partial charge >= 0.3 is 0 Å². The van der Waals surface area contributed by atoms with E-state index in [1.165, 1.54) is 0 Å². The Kier molecular flexibility index (Phi) is 2.68. The molecule has 0 spiro atoms. The summed E-state index contributed by atoms with van der Waals surface area (Å²) in [4.78, 5) is 11.4. The zero-order chi connectivity index (χ0) is 11.8. The van der Waals surface area contributed by atoms with E-state index in [2.05, 4.69) is 15.0 Å². The van der Waals surface area contributed by atoms with Crippen molar-refractivity contribution in [3.05, 3.63) is 17.3 Å². The lowest BCUT2D eigenvalue weighted by Gasteiger charge is -2.28. The molecule has 0 saturated heterocycles. The summed E-state index contributed by atoms with van der Waals surface area (Å²) in [5.74, 6) is 0. The molecule has 0 radical (unpaired) electrons. The van der Waals surface area contributed by atoms with E-state index in [0.717, 1.165) is 31.3 Å². The lowest BCUT2D eigenvalue weighted by molar-refractivity contribution is 0.0770. The van der Waals surface area contributed by atoms with E-state index in [1.807, 2.05) is 4.57 Å². The quantitative estimate of drug-likeness (QED) is 0.759. The summed E-state index contributed by atoms with van der Waals surface area (Å²) < 4.78 is 2.50. The molecule has 0 aromatic carbocycles. The van der Waals surface area contributed by atoms with Crippen molar-refractivity contribution in [2.45, 2.75) is 37.8 Å². The number of rotatable bonds is 1. The standard InChI is InChI=1S/C11H14N4OS/c16-8-4-2-1-3-7(8)15-6-14-9-10(15)12-5-13-11(9)17/h5-8,16H,1-4H2,(H,12,13,17). The number of nitrogens with one attached hydrogen (secondary N) is 1. The van der Waals surface area contributed by atoms with Crippen LogP contribution in [-0.2, 0) is 0 Å². The molecule has 3 rings (SSSR count). The van der Waals surface area contributed by atoms with Crippen molar-refractivity contribution in [3.63, 3.8) is 0 Å². The van der Waals surface area contributed by atoms with Gasteiger partial charge in [0.15, 0.2) is 4.64 Å². The van der Waals surface area contributed by atoms with Crippen molar-refractivity contribution in [1.82, 2.24) is 19.5 Å². The third kappa shape index (κ3) is 1.77. The summed E-state index contributed by atoms with van der Waals surface area (Å²) >= 11 is 5.13. The molecule has 1 fully saturated rings. The molecule has 2 heterocycles. The number of imidazole rings is 1. The summed E-state index contributed by atoms with van der Waals surface area (Å²) in [5, 5.41) is 10.1. The third-order valence-corrected chi connectivity index (χ3v) is 3.73. The Hall–Kier alpha value is -1.27. The lowest BCUT2D eigenvalue weighted by atomic mass is 9.92. The topological polar surface area (TPSA) is 66.7 Å². The second kappa shape index (κ2) is 4.19. The van der Waals surface area contributed by atoms with Crippen LogP contribution in [-0.4, -0.2) is 30.7 Å². The second-order valence-electron chi connectivity index (χ2n) is 4.48. The summed E-state index contributed by atoms with van der Waals surface area (Å²) in [6, 6.07) is 0.0989. The Labute approximate surface area is 104 Å². The van der Waals surface area contributed by atoms with Gasteiger partial charge < -0.3 is 14.7 Å². The Bertz CT molecular complexity index is 590. The van der Waals surface area contributed by atoms with Crippen molar-refractivity contribution in [2.75, 3.05) is 0 Å². The van der Waals surface area contributed by atoms with E-state index >= 15 is 0 Å². The highest BCUT2D eigenvalue weighted by atomic mass is 32.1. The van der Waals surface area contributed by atoms with Crippen LogP contribution in [0.3, 0.4) is 0 Å². The Morgan fingerprint density at radius 3 is 3.00 bits per heavy atom. The van der Waals surface area contributed by atoms with Crippen LogP contribution in [0.15, 0.2) is 12.7 Å². The molecule has 17 heavy (non-hydrogen) atoms. The molecule has 2 aromatic rings. The number of H-pyrrole nitrogens is 1. The van der Waals surface area contributed by atoms with E-state index in [0.29, 0.717) is 10.2 Å². The minimum absolute atomic E-state index is 0.0989. The average Bonchev–Trinajstić information content (AvgIpc) is 2.75. The van der Waals surface area contributed by atoms with Gasteiger partial charge in [0.1, 0.15) is 11.2 Å². The van der Waals surface area contributed by atoms with Gasteiger partial charge in [0, 0.05) is 0 Å². The van der Waals surface area contributed by atoms with Gasteiger partial charge in [-0.05, 0) is 12.8 Å². The number of aliphatic hydroxyl groups excluding tert-OH is 1. The van der Waals surface area contributed by atoms with Gasteiger partial charge in [-0.25, -0.2) is 9.97 Å². The smallest absolute Gasteiger partial charge is 0.157 e. The maximum atomic E-state index is 10.1. The van der Waals surface area contributed by atoms with Crippen LogP contribution in [0.5, 0.6) is 0 Å². The molecule has 1 saturated carbocycles. The van der Waals surface area contributed by atoms with Gasteiger partial charge in [0.25, 0.3) is 0 Å². The highest BCUT2D eigenvalue weighted by Crippen LogP contribution is 2.30. The Balaban J connectivity index is 2.11. The minimum Gasteiger partial charge on any atom is -0.391 e. The van der Waals surface area contributed by atoms with Gasteiger partial charge in [-0.2, -0.15) is 0 Å². The predicted molar refractivity (Wildman–Crippen MR) is 66.2 cm³/mol. The van der Waals surface area contributed by atoms with Crippen LogP contribution < -0.4 is 0 Å². The number of nitrogens with zero attached hydrogens (tertiary/aromatic N) is 3. The van der Waals surface area contributed by atoms with E-state index in [4.69, 9.17) is 12.2 Å². The first-order valence-electron chi connectivity index (χ1n) is 5.85. The molecule has 0 amide bonds. The van der Waals surface area contributed by atoms with Crippen LogP contribution in [0, 0.1) is 4.64 Å². The molecule has 2 aromatic heterocycles. The lowest BCUT2D eigenvalue weighted by Crippen LogP contribution is -2.27. The molecule has 2 atom stereocenters. The van der Waals surface area contributed by atoms with Crippen molar-refractivity contribution in [3.8, 4) is 0 Å². The Morgan fingerprint density at radius 1 is 1.35 bits per heavy atom. The number of aliphatic hydroxyl groups is 1. The van der Waals surface area contributed by atoms with Crippen LogP contribution in [0.25, 0.3) is 11.2 Å². The van der Waals surface area contributed by atoms with E-state index < -0.39 is 0 Å². The number of aromatic amines is 1. The molecule has 2 N–H and O–H groups in total. The van der Waals surface area contributed by atoms with Crippen LogP contribution in [0.4, 0.5) is 0 Å². The Morgan fingerprint density at radius 2 is 2.18 bits per heavy atom. The van der Waals surface area contributed by atoms with Gasteiger partial charge in [0.2, 0.25) is 0 Å². The SMILES string of the molecule is OC1CCCCC1n1cnc2c(=S)nc[nH]c21. The number of hydrogen-bond acceptors (Lipinski definition) is 4. The first kappa shape index (κ1) is 10.9. The normalized spacial score (nSPS) is 25.2. The maximum Gasteiger partial charge on any atom is 0.157 e. The molecule has 2 unspecified atom stereocenters. The average molecular weight is 250 g/mol. The number of hydrogen-bond donors (Lipinski definition) is 2. The number of aromatic nitrogens is 4. The molecule has 0 aliphatic heterocycles. The van der Waals surface area contributed by atoms with Gasteiger partial charge in [0.05, 0.1) is 24.8 Å². The van der Waals surface area contributed by atoms with Crippen molar-refractivity contribution in [1.29, 1.82) is 0 Å². The van der Waals surface area contributed by atoms with Gasteiger partial charge in [-0.3, -0.25) is 0 Å². The largest absolute Gasteiger partial charge is 0.391 e. The molecule has 5 nitrogen and oxygen atoms in total. The van der Waals surface area contributed by atoms with Crippen molar-refractivity contribution < 1.29 is 5.11 Å². The van der Waals surface area contributed by atoms with Crippen LogP contribution in [0.2, 0.25) is 0 Å². The van der Waals surface area contributed by atoms with Crippen LogP contribution >= 0.6 is 12.2 Å². The fourth-order valence-electron chi connectivity index (χ4n) is 2.54. The highest BCUT2D eigenvalue weighted by molar-refractivity contribution is 7.71. The van der Waals surface area contributed by atoms with Gasteiger partial charge in [-0.15, -0.1) is 0 Å².